The zero-order valence-corrected chi connectivity index (χ0v) is 24.2. The highest BCUT2D eigenvalue weighted by molar-refractivity contribution is 6.60. The molecule has 0 aliphatic carbocycles. The maximum atomic E-state index is 10.1. The number of nitrogens with zero attached hydrogens (tertiary/aromatic N) is 1. The van der Waals surface area contributed by atoms with E-state index in [1.165, 1.54) is 11.1 Å². The summed E-state index contributed by atoms with van der Waals surface area (Å²) in [6.45, 7) is 5.25. The second-order valence-corrected chi connectivity index (χ2v) is 10.0. The SMILES string of the molecule is C=CC.OB(O)c1ccccc1-c1ccccc1N(c1ccccc1)c1ccc(-c2ccc(-c3ccccc3)cc2)cc1. The molecule has 0 unspecified atom stereocenters. The minimum absolute atomic E-state index is 0.470. The van der Waals surface area contributed by atoms with E-state index >= 15 is 0 Å². The molecule has 3 nitrogen and oxygen atoms in total. The first kappa shape index (κ1) is 29.3. The van der Waals surface area contributed by atoms with Crippen LogP contribution in [0, 0.1) is 0 Å². The highest BCUT2D eigenvalue weighted by atomic mass is 16.4. The largest absolute Gasteiger partial charge is 0.489 e. The monoisotopic (exact) mass is 559 g/mol. The minimum atomic E-state index is -1.57. The van der Waals surface area contributed by atoms with Gasteiger partial charge in [0, 0.05) is 16.9 Å². The van der Waals surface area contributed by atoms with Gasteiger partial charge in [-0.2, -0.15) is 0 Å². The fourth-order valence-electron chi connectivity index (χ4n) is 5.16. The van der Waals surface area contributed by atoms with Crippen LogP contribution in [0.3, 0.4) is 0 Å². The van der Waals surface area contributed by atoms with Gasteiger partial charge >= 0.3 is 7.12 Å². The van der Waals surface area contributed by atoms with Crippen molar-refractivity contribution >= 4 is 29.6 Å². The average molecular weight is 560 g/mol. The molecule has 2 N–H and O–H groups in total. The summed E-state index contributed by atoms with van der Waals surface area (Å²) in [5, 5.41) is 20.2. The van der Waals surface area contributed by atoms with Crippen LogP contribution >= 0.6 is 0 Å². The Balaban J connectivity index is 0.00000118. The van der Waals surface area contributed by atoms with Crippen molar-refractivity contribution in [2.24, 2.45) is 0 Å². The van der Waals surface area contributed by atoms with Crippen LogP contribution in [0.2, 0.25) is 0 Å². The van der Waals surface area contributed by atoms with E-state index in [-0.39, 0.29) is 0 Å². The van der Waals surface area contributed by atoms with Gasteiger partial charge in [0.05, 0.1) is 5.69 Å². The molecule has 0 radical (unpaired) electrons. The van der Waals surface area contributed by atoms with Gasteiger partial charge < -0.3 is 14.9 Å². The van der Waals surface area contributed by atoms with E-state index in [1.54, 1.807) is 12.1 Å². The molecule has 0 fully saturated rings. The van der Waals surface area contributed by atoms with Gasteiger partial charge in [-0.3, -0.25) is 0 Å². The summed E-state index contributed by atoms with van der Waals surface area (Å²) in [7, 11) is -1.57. The smallest absolute Gasteiger partial charge is 0.423 e. The van der Waals surface area contributed by atoms with Crippen molar-refractivity contribution in [2.75, 3.05) is 4.90 Å². The molecule has 0 heterocycles. The molecule has 4 heteroatoms. The normalized spacial score (nSPS) is 10.3. The average Bonchev–Trinajstić information content (AvgIpc) is 3.07. The first-order valence-corrected chi connectivity index (χ1v) is 14.3. The Morgan fingerprint density at radius 2 is 0.884 bits per heavy atom. The molecule has 0 atom stereocenters. The van der Waals surface area contributed by atoms with Crippen LogP contribution in [0.5, 0.6) is 0 Å². The molecule has 6 rings (SSSR count). The van der Waals surface area contributed by atoms with Gasteiger partial charge in [-0.25, -0.2) is 0 Å². The molecule has 0 amide bonds. The lowest BCUT2D eigenvalue weighted by atomic mass is 9.75. The number of rotatable bonds is 7. The van der Waals surface area contributed by atoms with Crippen molar-refractivity contribution < 1.29 is 10.0 Å². The summed E-state index contributed by atoms with van der Waals surface area (Å²) in [5.74, 6) is 0. The maximum absolute atomic E-state index is 10.1. The van der Waals surface area contributed by atoms with Crippen molar-refractivity contribution in [3.63, 3.8) is 0 Å². The Morgan fingerprint density at radius 1 is 0.488 bits per heavy atom. The molecule has 6 aromatic carbocycles. The van der Waals surface area contributed by atoms with E-state index in [1.807, 2.05) is 67.6 Å². The summed E-state index contributed by atoms with van der Waals surface area (Å²) in [6.07, 6.45) is 1.75. The van der Waals surface area contributed by atoms with Crippen LogP contribution in [0.1, 0.15) is 6.92 Å². The number of para-hydroxylation sites is 2. The quantitative estimate of drug-likeness (QED) is 0.152. The van der Waals surface area contributed by atoms with Crippen LogP contribution in [0.4, 0.5) is 17.1 Å². The fraction of sp³-hybridized carbons (Fsp3) is 0.0256. The Morgan fingerprint density at radius 3 is 1.44 bits per heavy atom. The number of hydrogen-bond acceptors (Lipinski definition) is 3. The predicted octanol–water partition coefficient (Wildman–Crippen LogP) is 9.03. The third-order valence-electron chi connectivity index (χ3n) is 7.14. The molecule has 43 heavy (non-hydrogen) atoms. The highest BCUT2D eigenvalue weighted by Gasteiger charge is 2.21. The van der Waals surface area contributed by atoms with Gasteiger partial charge in [0.15, 0.2) is 0 Å². The van der Waals surface area contributed by atoms with E-state index in [0.717, 1.165) is 39.3 Å². The molecule has 6 aromatic rings. The number of hydrogen-bond donors (Lipinski definition) is 2. The summed E-state index contributed by atoms with van der Waals surface area (Å²) in [5.41, 5.74) is 9.82. The second-order valence-electron chi connectivity index (χ2n) is 10.0. The van der Waals surface area contributed by atoms with E-state index in [0.29, 0.717) is 5.46 Å². The summed E-state index contributed by atoms with van der Waals surface area (Å²) >= 11 is 0. The molecule has 0 saturated heterocycles. The number of allylic oxidation sites excluding steroid dienone is 1. The lowest BCUT2D eigenvalue weighted by Gasteiger charge is -2.28. The zero-order chi connectivity index (χ0) is 30.0. The van der Waals surface area contributed by atoms with E-state index in [4.69, 9.17) is 0 Å². The molecule has 0 spiro atoms. The maximum Gasteiger partial charge on any atom is 0.489 e. The lowest BCUT2D eigenvalue weighted by molar-refractivity contribution is 0.426. The molecule has 0 aliphatic rings. The van der Waals surface area contributed by atoms with Crippen LogP contribution in [-0.4, -0.2) is 17.2 Å². The van der Waals surface area contributed by atoms with Crippen molar-refractivity contribution in [3.05, 3.63) is 170 Å². The summed E-state index contributed by atoms with van der Waals surface area (Å²) in [6, 6.07) is 53.4. The van der Waals surface area contributed by atoms with E-state index in [9.17, 15) is 10.0 Å². The molecule has 210 valence electrons. The van der Waals surface area contributed by atoms with Crippen molar-refractivity contribution in [1.29, 1.82) is 0 Å². The third kappa shape index (κ3) is 6.84. The van der Waals surface area contributed by atoms with E-state index in [2.05, 4.69) is 102 Å². The molecule has 0 bridgehead atoms. The van der Waals surface area contributed by atoms with Crippen molar-refractivity contribution in [1.82, 2.24) is 0 Å². The Hall–Kier alpha value is -5.16. The minimum Gasteiger partial charge on any atom is -0.423 e. The standard InChI is InChI=1S/C36H28BNO2.C3H6/c39-37(40)35-17-9-7-15-33(35)34-16-8-10-18-36(34)38(31-13-5-2-6-14-31)32-25-23-30(24-26-32)29-21-19-28(20-22-29)27-11-3-1-4-12-27;1-3-2/h1-26,39-40H;3H,1H2,2H3. The predicted molar refractivity (Wildman–Crippen MR) is 183 cm³/mol. The topological polar surface area (TPSA) is 43.7 Å². The first-order valence-electron chi connectivity index (χ1n) is 14.3. The van der Waals surface area contributed by atoms with Gasteiger partial charge in [-0.05, 0) is 70.5 Å². The highest BCUT2D eigenvalue weighted by Crippen LogP contribution is 2.40. The molecule has 0 saturated carbocycles. The third-order valence-corrected chi connectivity index (χ3v) is 7.14. The van der Waals surface area contributed by atoms with Crippen molar-refractivity contribution in [2.45, 2.75) is 6.92 Å². The van der Waals surface area contributed by atoms with Crippen LogP contribution in [0.15, 0.2) is 170 Å². The first-order chi connectivity index (χ1) is 21.1. The van der Waals surface area contributed by atoms with Gasteiger partial charge in [-0.15, -0.1) is 6.58 Å². The van der Waals surface area contributed by atoms with Crippen molar-refractivity contribution in [3.8, 4) is 33.4 Å². The van der Waals surface area contributed by atoms with Crippen LogP contribution in [-0.2, 0) is 0 Å². The number of benzene rings is 6. The molecule has 0 aromatic heterocycles. The number of anilines is 3. The van der Waals surface area contributed by atoms with Gasteiger partial charge in [0.1, 0.15) is 0 Å². The summed E-state index contributed by atoms with van der Waals surface area (Å²) < 4.78 is 0. The van der Waals surface area contributed by atoms with Gasteiger partial charge in [-0.1, -0.05) is 133 Å². The van der Waals surface area contributed by atoms with Crippen LogP contribution < -0.4 is 10.4 Å². The second kappa shape index (κ2) is 14.1. The van der Waals surface area contributed by atoms with Gasteiger partial charge in [0.25, 0.3) is 0 Å². The Labute approximate surface area is 254 Å². The fourth-order valence-corrected chi connectivity index (χ4v) is 5.16. The lowest BCUT2D eigenvalue weighted by Crippen LogP contribution is -2.31. The zero-order valence-electron chi connectivity index (χ0n) is 24.2. The molecular weight excluding hydrogens is 525 g/mol. The Bertz CT molecular complexity index is 1750. The summed E-state index contributed by atoms with van der Waals surface area (Å²) in [4.78, 5) is 2.21. The molecular formula is C39H34BNO2. The molecule has 0 aliphatic heterocycles. The van der Waals surface area contributed by atoms with Crippen LogP contribution in [0.25, 0.3) is 33.4 Å². The Kier molecular flexibility index (Phi) is 9.65. The van der Waals surface area contributed by atoms with Gasteiger partial charge in [0.2, 0.25) is 0 Å². The van der Waals surface area contributed by atoms with E-state index < -0.39 is 7.12 Å².